The summed E-state index contributed by atoms with van der Waals surface area (Å²) in [6, 6.07) is 24.9. The van der Waals surface area contributed by atoms with Crippen molar-refractivity contribution in [3.05, 3.63) is 102 Å². The molecule has 0 fully saturated rings. The lowest BCUT2D eigenvalue weighted by molar-refractivity contribution is 0.0955. The number of aromatic nitrogens is 1. The Hall–Kier alpha value is -3.86. The number of nitrogens with one attached hydrogen (secondary N) is 2. The van der Waals surface area contributed by atoms with Gasteiger partial charge in [0.25, 0.3) is 5.91 Å². The summed E-state index contributed by atoms with van der Waals surface area (Å²) in [7, 11) is 0. The molecular formula is C23H19N3O2. The van der Waals surface area contributed by atoms with Crippen molar-refractivity contribution in [1.29, 1.82) is 0 Å². The second-order valence-electron chi connectivity index (χ2n) is 6.29. The summed E-state index contributed by atoms with van der Waals surface area (Å²) in [4.78, 5) is 15.4. The molecule has 0 spiro atoms. The summed E-state index contributed by atoms with van der Waals surface area (Å²) in [6.07, 6.45) is 3.49. The highest BCUT2D eigenvalue weighted by Crippen LogP contribution is 2.16. The predicted molar refractivity (Wildman–Crippen MR) is 111 cm³/mol. The Morgan fingerprint density at radius 1 is 0.964 bits per heavy atom. The van der Waals surface area contributed by atoms with E-state index in [1.807, 2.05) is 60.8 Å². The minimum atomic E-state index is -0.272. The van der Waals surface area contributed by atoms with E-state index in [1.54, 1.807) is 30.5 Å². The van der Waals surface area contributed by atoms with Crippen molar-refractivity contribution in [1.82, 2.24) is 10.4 Å². The molecule has 2 N–H and O–H groups in total. The molecule has 1 aromatic heterocycles. The maximum atomic E-state index is 12.3. The standard InChI is InChI=1S/C23H19N3O2/c27-23(26-25-15-19-14-24-22-9-5-4-8-21(19)22)18-10-12-20(13-11-18)28-16-17-6-2-1-3-7-17/h1-15,24H,16H2,(H,26,27)/b25-15+. The summed E-state index contributed by atoms with van der Waals surface area (Å²) in [5.41, 5.74) is 6.11. The lowest BCUT2D eigenvalue weighted by atomic mass is 10.2. The van der Waals surface area contributed by atoms with Gasteiger partial charge in [0.1, 0.15) is 12.4 Å². The zero-order valence-corrected chi connectivity index (χ0v) is 15.1. The van der Waals surface area contributed by atoms with Crippen LogP contribution in [-0.2, 0) is 6.61 Å². The molecule has 3 aromatic carbocycles. The molecule has 0 unspecified atom stereocenters. The van der Waals surface area contributed by atoms with Crippen molar-refractivity contribution >= 4 is 23.0 Å². The fourth-order valence-corrected chi connectivity index (χ4v) is 2.87. The summed E-state index contributed by atoms with van der Waals surface area (Å²) >= 11 is 0. The van der Waals surface area contributed by atoms with Crippen molar-refractivity contribution in [3.8, 4) is 5.75 Å². The number of H-pyrrole nitrogens is 1. The molecule has 4 aromatic rings. The molecule has 0 aliphatic rings. The Balaban J connectivity index is 1.34. The fraction of sp³-hybridized carbons (Fsp3) is 0.0435. The second-order valence-corrected chi connectivity index (χ2v) is 6.29. The third-order valence-corrected chi connectivity index (χ3v) is 4.36. The van der Waals surface area contributed by atoms with Gasteiger partial charge < -0.3 is 9.72 Å². The van der Waals surface area contributed by atoms with Gasteiger partial charge in [0.15, 0.2) is 0 Å². The minimum Gasteiger partial charge on any atom is -0.489 e. The topological polar surface area (TPSA) is 66.5 Å². The van der Waals surface area contributed by atoms with Gasteiger partial charge in [-0.15, -0.1) is 0 Å². The molecule has 1 heterocycles. The van der Waals surface area contributed by atoms with Crippen LogP contribution >= 0.6 is 0 Å². The van der Waals surface area contributed by atoms with Crippen LogP contribution in [0, 0.1) is 0 Å². The van der Waals surface area contributed by atoms with Crippen LogP contribution in [0.2, 0.25) is 0 Å². The van der Waals surface area contributed by atoms with Gasteiger partial charge in [-0.05, 0) is 35.9 Å². The predicted octanol–water partition coefficient (Wildman–Crippen LogP) is 4.51. The number of aromatic amines is 1. The number of hydrogen-bond acceptors (Lipinski definition) is 3. The van der Waals surface area contributed by atoms with Gasteiger partial charge in [-0.3, -0.25) is 4.79 Å². The van der Waals surface area contributed by atoms with Crippen molar-refractivity contribution in [2.45, 2.75) is 6.61 Å². The van der Waals surface area contributed by atoms with E-state index in [-0.39, 0.29) is 5.91 Å². The van der Waals surface area contributed by atoms with E-state index in [0.29, 0.717) is 17.9 Å². The van der Waals surface area contributed by atoms with E-state index in [9.17, 15) is 4.79 Å². The summed E-state index contributed by atoms with van der Waals surface area (Å²) in [6.45, 7) is 0.487. The van der Waals surface area contributed by atoms with Gasteiger partial charge in [0.2, 0.25) is 0 Å². The van der Waals surface area contributed by atoms with Gasteiger partial charge in [0, 0.05) is 28.2 Å². The molecule has 0 aliphatic carbocycles. The Bertz CT molecular complexity index is 1100. The van der Waals surface area contributed by atoms with Crippen LogP contribution in [0.25, 0.3) is 10.9 Å². The van der Waals surface area contributed by atoms with Gasteiger partial charge in [-0.2, -0.15) is 5.10 Å². The number of carbonyl (C=O) groups is 1. The van der Waals surface area contributed by atoms with Crippen LogP contribution < -0.4 is 10.2 Å². The first-order valence-electron chi connectivity index (χ1n) is 8.96. The molecule has 138 valence electrons. The quantitative estimate of drug-likeness (QED) is 0.388. The highest BCUT2D eigenvalue weighted by atomic mass is 16.5. The largest absolute Gasteiger partial charge is 0.489 e. The number of ether oxygens (including phenoxy) is 1. The van der Waals surface area contributed by atoms with E-state index >= 15 is 0 Å². The van der Waals surface area contributed by atoms with Crippen molar-refractivity contribution < 1.29 is 9.53 Å². The number of hydrogen-bond donors (Lipinski definition) is 2. The molecule has 0 radical (unpaired) electrons. The number of amides is 1. The van der Waals surface area contributed by atoms with Gasteiger partial charge >= 0.3 is 0 Å². The van der Waals surface area contributed by atoms with E-state index in [1.165, 1.54) is 0 Å². The van der Waals surface area contributed by atoms with E-state index in [2.05, 4.69) is 15.5 Å². The van der Waals surface area contributed by atoms with E-state index < -0.39 is 0 Å². The van der Waals surface area contributed by atoms with Crippen molar-refractivity contribution in [3.63, 3.8) is 0 Å². The molecule has 0 atom stereocenters. The van der Waals surface area contributed by atoms with Crippen LogP contribution in [0.15, 0.2) is 90.2 Å². The zero-order chi connectivity index (χ0) is 19.2. The number of nitrogens with zero attached hydrogens (tertiary/aromatic N) is 1. The van der Waals surface area contributed by atoms with Crippen molar-refractivity contribution in [2.24, 2.45) is 5.10 Å². The first-order chi connectivity index (χ1) is 13.8. The number of hydrazone groups is 1. The molecule has 1 amide bonds. The molecule has 0 aliphatic heterocycles. The monoisotopic (exact) mass is 369 g/mol. The molecule has 0 saturated heterocycles. The lowest BCUT2D eigenvalue weighted by Crippen LogP contribution is -2.17. The third kappa shape index (κ3) is 4.10. The third-order valence-electron chi connectivity index (χ3n) is 4.36. The molecule has 5 heteroatoms. The highest BCUT2D eigenvalue weighted by molar-refractivity contribution is 6.00. The molecule has 0 saturated carbocycles. The maximum absolute atomic E-state index is 12.3. The second kappa shape index (κ2) is 8.22. The summed E-state index contributed by atoms with van der Waals surface area (Å²) < 4.78 is 5.73. The molecule has 5 nitrogen and oxygen atoms in total. The lowest BCUT2D eigenvalue weighted by Gasteiger charge is -2.07. The van der Waals surface area contributed by atoms with Crippen LogP contribution in [0.4, 0.5) is 0 Å². The Morgan fingerprint density at radius 3 is 2.54 bits per heavy atom. The number of benzene rings is 3. The van der Waals surface area contributed by atoms with Gasteiger partial charge in [-0.1, -0.05) is 48.5 Å². The van der Waals surface area contributed by atoms with Gasteiger partial charge in [0.05, 0.1) is 6.21 Å². The Labute approximate surface area is 162 Å². The summed E-state index contributed by atoms with van der Waals surface area (Å²) in [5.74, 6) is 0.438. The van der Waals surface area contributed by atoms with Crippen LogP contribution in [0.3, 0.4) is 0 Å². The van der Waals surface area contributed by atoms with Gasteiger partial charge in [-0.25, -0.2) is 5.43 Å². The number of carbonyl (C=O) groups excluding carboxylic acids is 1. The molecule has 4 rings (SSSR count). The molecule has 0 bridgehead atoms. The smallest absolute Gasteiger partial charge is 0.271 e. The number of rotatable bonds is 6. The summed E-state index contributed by atoms with van der Waals surface area (Å²) in [5, 5.41) is 5.12. The number of fused-ring (bicyclic) bond motifs is 1. The first-order valence-corrected chi connectivity index (χ1v) is 8.96. The molecule has 28 heavy (non-hydrogen) atoms. The van der Waals surface area contributed by atoms with Crippen LogP contribution in [0.1, 0.15) is 21.5 Å². The Morgan fingerprint density at radius 2 is 1.71 bits per heavy atom. The minimum absolute atomic E-state index is 0.272. The maximum Gasteiger partial charge on any atom is 0.271 e. The van der Waals surface area contributed by atoms with Crippen LogP contribution in [0.5, 0.6) is 5.75 Å². The first kappa shape index (κ1) is 17.5. The van der Waals surface area contributed by atoms with Crippen LogP contribution in [-0.4, -0.2) is 17.1 Å². The number of para-hydroxylation sites is 1. The SMILES string of the molecule is O=C(N/N=C/c1c[nH]c2ccccc12)c1ccc(OCc2ccccc2)cc1. The van der Waals surface area contributed by atoms with E-state index in [0.717, 1.165) is 22.0 Å². The zero-order valence-electron chi connectivity index (χ0n) is 15.1. The fourth-order valence-electron chi connectivity index (χ4n) is 2.87. The highest BCUT2D eigenvalue weighted by Gasteiger charge is 2.05. The normalized spacial score (nSPS) is 11.0. The Kier molecular flexibility index (Phi) is 5.15. The van der Waals surface area contributed by atoms with E-state index in [4.69, 9.17) is 4.74 Å². The molecular weight excluding hydrogens is 350 g/mol. The average Bonchev–Trinajstić information content (AvgIpc) is 3.16. The average molecular weight is 369 g/mol. The van der Waals surface area contributed by atoms with Crippen molar-refractivity contribution in [2.75, 3.05) is 0 Å².